The van der Waals surface area contributed by atoms with E-state index >= 15 is 0 Å². The molecule has 9 heteroatoms. The highest BCUT2D eigenvalue weighted by molar-refractivity contribution is 5.69. The molecule has 0 atom stereocenters. The average molecular weight is 266 g/mol. The van der Waals surface area contributed by atoms with Gasteiger partial charge in [0.25, 0.3) is 0 Å². The largest absolute Gasteiger partial charge is 0.480 e. The lowest BCUT2D eigenvalue weighted by Gasteiger charge is -2.20. The Hall–Kier alpha value is -1.64. The topological polar surface area (TPSA) is 71.2 Å². The predicted molar refractivity (Wildman–Crippen MR) is 54.7 cm³/mol. The van der Waals surface area contributed by atoms with E-state index in [0.29, 0.717) is 5.82 Å². The molecule has 6 nitrogen and oxygen atoms in total. The van der Waals surface area contributed by atoms with Crippen LogP contribution in [0.15, 0.2) is 0 Å². The summed E-state index contributed by atoms with van der Waals surface area (Å²) in [6, 6.07) is 0. The van der Waals surface area contributed by atoms with Gasteiger partial charge in [-0.15, -0.1) is 10.2 Å². The number of hydrogen-bond donors (Lipinski definition) is 1. The maximum atomic E-state index is 12.3. The number of hydrogen-bond acceptors (Lipinski definition) is 4. The summed E-state index contributed by atoms with van der Waals surface area (Å²) in [4.78, 5) is 11.3. The number of aromatic nitrogens is 3. The van der Waals surface area contributed by atoms with Crippen molar-refractivity contribution in [2.24, 2.45) is 7.05 Å². The summed E-state index contributed by atoms with van der Waals surface area (Å²) in [7, 11) is 1.61. The third kappa shape index (κ3) is 4.32. The van der Waals surface area contributed by atoms with Gasteiger partial charge in [0.05, 0.1) is 19.6 Å². The van der Waals surface area contributed by atoms with Gasteiger partial charge >= 0.3 is 12.1 Å². The van der Waals surface area contributed by atoms with Crippen LogP contribution >= 0.6 is 0 Å². The molecule has 0 aliphatic rings. The third-order valence-electron chi connectivity index (χ3n) is 2.31. The predicted octanol–water partition coefficient (Wildman–Crippen LogP) is 0.572. The molecule has 0 amide bonds. The zero-order chi connectivity index (χ0) is 13.9. The maximum absolute atomic E-state index is 12.3. The number of carboxylic acids is 1. The van der Waals surface area contributed by atoms with Crippen molar-refractivity contribution in [3.05, 3.63) is 11.6 Å². The van der Waals surface area contributed by atoms with Crippen LogP contribution in [0.3, 0.4) is 0 Å². The van der Waals surface area contributed by atoms with E-state index in [0.717, 1.165) is 4.90 Å². The molecule has 1 heterocycles. The number of aliphatic carboxylic acids is 1. The molecule has 0 saturated heterocycles. The van der Waals surface area contributed by atoms with Gasteiger partial charge in [0, 0.05) is 7.05 Å². The van der Waals surface area contributed by atoms with Crippen LogP contribution in [0, 0.1) is 6.92 Å². The fraction of sp³-hybridized carbons (Fsp3) is 0.667. The first kappa shape index (κ1) is 14.4. The second kappa shape index (κ2) is 5.34. The van der Waals surface area contributed by atoms with Crippen molar-refractivity contribution in [2.45, 2.75) is 19.6 Å². The van der Waals surface area contributed by atoms with Gasteiger partial charge in [-0.3, -0.25) is 9.69 Å². The molecule has 102 valence electrons. The highest BCUT2D eigenvalue weighted by Gasteiger charge is 2.32. The summed E-state index contributed by atoms with van der Waals surface area (Å²) >= 11 is 0. The zero-order valence-electron chi connectivity index (χ0n) is 9.90. The molecule has 18 heavy (non-hydrogen) atoms. The van der Waals surface area contributed by atoms with E-state index in [1.54, 1.807) is 14.0 Å². The Morgan fingerprint density at radius 2 is 2.06 bits per heavy atom. The van der Waals surface area contributed by atoms with Gasteiger partial charge < -0.3 is 9.67 Å². The minimum Gasteiger partial charge on any atom is -0.480 e. The van der Waals surface area contributed by atoms with Gasteiger partial charge in [-0.05, 0) is 6.92 Å². The molecule has 1 aromatic heterocycles. The van der Waals surface area contributed by atoms with Crippen molar-refractivity contribution in [3.8, 4) is 0 Å². The Morgan fingerprint density at radius 1 is 1.44 bits per heavy atom. The second-order valence-electron chi connectivity index (χ2n) is 3.88. The summed E-state index contributed by atoms with van der Waals surface area (Å²) < 4.78 is 38.4. The Bertz CT molecular complexity index is 430. The van der Waals surface area contributed by atoms with Crippen LogP contribution in [0.2, 0.25) is 0 Å². The van der Waals surface area contributed by atoms with Crippen LogP contribution in [0.25, 0.3) is 0 Å². The molecule has 0 aromatic carbocycles. The summed E-state index contributed by atoms with van der Waals surface area (Å²) in [6.45, 7) is -0.568. The van der Waals surface area contributed by atoms with Crippen molar-refractivity contribution in [3.63, 3.8) is 0 Å². The minimum atomic E-state index is -4.46. The van der Waals surface area contributed by atoms with Gasteiger partial charge in [0.15, 0.2) is 0 Å². The van der Waals surface area contributed by atoms with E-state index in [1.165, 1.54) is 4.57 Å². The first-order chi connectivity index (χ1) is 8.19. The molecule has 0 saturated carbocycles. The lowest BCUT2D eigenvalue weighted by Crippen LogP contribution is -2.38. The van der Waals surface area contributed by atoms with E-state index in [2.05, 4.69) is 10.2 Å². The lowest BCUT2D eigenvalue weighted by molar-refractivity contribution is -0.155. The number of rotatable bonds is 5. The Kier molecular flexibility index (Phi) is 4.28. The molecule has 1 aromatic rings. The fourth-order valence-corrected chi connectivity index (χ4v) is 1.40. The van der Waals surface area contributed by atoms with Crippen molar-refractivity contribution in [1.82, 2.24) is 19.7 Å². The molecule has 1 N–H and O–H groups in total. The highest BCUT2D eigenvalue weighted by Crippen LogP contribution is 2.17. The molecule has 0 spiro atoms. The quantitative estimate of drug-likeness (QED) is 0.843. The molecular weight excluding hydrogens is 253 g/mol. The zero-order valence-corrected chi connectivity index (χ0v) is 9.90. The highest BCUT2D eigenvalue weighted by atomic mass is 19.4. The van der Waals surface area contributed by atoms with E-state index in [9.17, 15) is 18.0 Å². The molecule has 0 radical (unpaired) electrons. The van der Waals surface area contributed by atoms with Gasteiger partial charge in [0.1, 0.15) is 11.6 Å². The fourth-order valence-electron chi connectivity index (χ4n) is 1.40. The number of alkyl halides is 3. The van der Waals surface area contributed by atoms with Gasteiger partial charge in [-0.25, -0.2) is 0 Å². The molecule has 0 bridgehead atoms. The Morgan fingerprint density at radius 3 is 2.44 bits per heavy atom. The van der Waals surface area contributed by atoms with Gasteiger partial charge in [-0.1, -0.05) is 0 Å². The second-order valence-corrected chi connectivity index (χ2v) is 3.88. The number of halogens is 3. The van der Waals surface area contributed by atoms with E-state index in [4.69, 9.17) is 5.11 Å². The van der Waals surface area contributed by atoms with Crippen LogP contribution in [0.5, 0.6) is 0 Å². The first-order valence-electron chi connectivity index (χ1n) is 5.05. The number of carbonyl (C=O) groups is 1. The van der Waals surface area contributed by atoms with E-state index < -0.39 is 25.2 Å². The SMILES string of the molecule is Cc1nnc(CN(CC(=O)O)CC(F)(F)F)n1C. The average Bonchev–Trinajstić information content (AvgIpc) is 2.46. The summed E-state index contributed by atoms with van der Waals surface area (Å²) in [5, 5.41) is 16.0. The van der Waals surface area contributed by atoms with Gasteiger partial charge in [-0.2, -0.15) is 13.2 Å². The molecule has 0 aliphatic heterocycles. The minimum absolute atomic E-state index is 0.219. The van der Waals surface area contributed by atoms with Crippen LogP contribution in [0.1, 0.15) is 11.6 Å². The Labute approximate surface area is 101 Å². The monoisotopic (exact) mass is 266 g/mol. The van der Waals surface area contributed by atoms with E-state index in [-0.39, 0.29) is 12.4 Å². The Balaban J connectivity index is 2.78. The van der Waals surface area contributed by atoms with Crippen molar-refractivity contribution < 1.29 is 23.1 Å². The van der Waals surface area contributed by atoms with E-state index in [1.807, 2.05) is 0 Å². The summed E-state index contributed by atoms with van der Waals surface area (Å²) in [6.07, 6.45) is -4.46. The first-order valence-corrected chi connectivity index (χ1v) is 5.05. The summed E-state index contributed by atoms with van der Waals surface area (Å²) in [5.74, 6) is -0.483. The van der Waals surface area contributed by atoms with Crippen molar-refractivity contribution in [1.29, 1.82) is 0 Å². The molecule has 0 fully saturated rings. The van der Waals surface area contributed by atoms with Crippen molar-refractivity contribution >= 4 is 5.97 Å². The maximum Gasteiger partial charge on any atom is 0.401 e. The molecule has 0 aliphatic carbocycles. The molecule has 1 rings (SSSR count). The van der Waals surface area contributed by atoms with Crippen LogP contribution in [0.4, 0.5) is 13.2 Å². The van der Waals surface area contributed by atoms with Gasteiger partial charge in [0.2, 0.25) is 0 Å². The lowest BCUT2D eigenvalue weighted by atomic mass is 10.4. The number of nitrogens with zero attached hydrogens (tertiary/aromatic N) is 4. The number of aryl methyl sites for hydroxylation is 1. The molecule has 0 unspecified atom stereocenters. The van der Waals surface area contributed by atoms with Crippen LogP contribution < -0.4 is 0 Å². The number of carboxylic acid groups (broad SMARTS) is 1. The normalized spacial score (nSPS) is 12.1. The standard InChI is InChI=1S/C9H13F3N4O2/c1-6-13-14-7(15(6)2)3-16(4-8(17)18)5-9(10,11)12/h3-5H2,1-2H3,(H,17,18). The van der Waals surface area contributed by atoms with Crippen molar-refractivity contribution in [2.75, 3.05) is 13.1 Å². The smallest absolute Gasteiger partial charge is 0.401 e. The summed E-state index contributed by atoms with van der Waals surface area (Å²) in [5.41, 5.74) is 0. The van der Waals surface area contributed by atoms with Crippen LogP contribution in [-0.4, -0.2) is 50.0 Å². The van der Waals surface area contributed by atoms with Crippen LogP contribution in [-0.2, 0) is 18.4 Å². The molecular formula is C9H13F3N4O2. The third-order valence-corrected chi connectivity index (χ3v) is 2.31.